The highest BCUT2D eigenvalue weighted by Gasteiger charge is 2.23. The summed E-state index contributed by atoms with van der Waals surface area (Å²) < 4.78 is 5.85. The lowest BCUT2D eigenvalue weighted by Crippen LogP contribution is -2.42. The van der Waals surface area contributed by atoms with Gasteiger partial charge in [0.25, 0.3) is 0 Å². The van der Waals surface area contributed by atoms with Crippen molar-refractivity contribution in [1.29, 1.82) is 0 Å². The molecule has 1 fully saturated rings. The van der Waals surface area contributed by atoms with Crippen molar-refractivity contribution in [2.24, 2.45) is 5.92 Å². The lowest BCUT2D eigenvalue weighted by molar-refractivity contribution is -0.140. The second kappa shape index (κ2) is 7.74. The highest BCUT2D eigenvalue weighted by Crippen LogP contribution is 2.26. The molecule has 1 saturated carbocycles. The second-order valence-electron chi connectivity index (χ2n) is 5.67. The van der Waals surface area contributed by atoms with E-state index < -0.39 is 12.0 Å². The molecule has 0 radical (unpaired) electrons. The summed E-state index contributed by atoms with van der Waals surface area (Å²) in [7, 11) is 0. The number of carbonyl (C=O) groups is 1. The molecule has 3 atom stereocenters. The first kappa shape index (κ1) is 15.4. The Kier molecular flexibility index (Phi) is 6.65. The molecule has 1 aliphatic carbocycles. The minimum atomic E-state index is -0.788. The van der Waals surface area contributed by atoms with Gasteiger partial charge >= 0.3 is 5.97 Å². The lowest BCUT2D eigenvalue weighted by Gasteiger charge is -2.29. The molecule has 0 amide bonds. The van der Waals surface area contributed by atoms with Gasteiger partial charge in [0.2, 0.25) is 0 Å². The van der Waals surface area contributed by atoms with Crippen LogP contribution < -0.4 is 5.32 Å². The minimum Gasteiger partial charge on any atom is -0.480 e. The summed E-state index contributed by atoms with van der Waals surface area (Å²) >= 11 is 0. The van der Waals surface area contributed by atoms with Crippen LogP contribution in [0.2, 0.25) is 0 Å². The molecule has 2 N–H and O–H groups in total. The van der Waals surface area contributed by atoms with E-state index in [4.69, 9.17) is 9.84 Å². The van der Waals surface area contributed by atoms with E-state index in [1.807, 2.05) is 13.8 Å². The van der Waals surface area contributed by atoms with Gasteiger partial charge in [-0.25, -0.2) is 0 Å². The van der Waals surface area contributed by atoms with Crippen molar-refractivity contribution >= 4 is 5.97 Å². The van der Waals surface area contributed by atoms with Gasteiger partial charge in [0, 0.05) is 12.6 Å². The van der Waals surface area contributed by atoms with Gasteiger partial charge in [-0.3, -0.25) is 4.79 Å². The molecule has 0 aromatic rings. The van der Waals surface area contributed by atoms with Crippen molar-refractivity contribution in [3.63, 3.8) is 0 Å². The average molecular weight is 257 g/mol. The van der Waals surface area contributed by atoms with Crippen molar-refractivity contribution in [2.75, 3.05) is 6.61 Å². The van der Waals surface area contributed by atoms with E-state index in [-0.39, 0.29) is 6.04 Å². The molecule has 3 unspecified atom stereocenters. The van der Waals surface area contributed by atoms with Crippen LogP contribution in [0.1, 0.15) is 52.9 Å². The number of nitrogens with one attached hydrogen (secondary N) is 1. The van der Waals surface area contributed by atoms with Crippen molar-refractivity contribution in [3.8, 4) is 0 Å². The van der Waals surface area contributed by atoms with Crippen LogP contribution in [0.15, 0.2) is 0 Å². The Morgan fingerprint density at radius 3 is 2.61 bits per heavy atom. The van der Waals surface area contributed by atoms with Gasteiger partial charge in [-0.2, -0.15) is 0 Å². The summed E-state index contributed by atoms with van der Waals surface area (Å²) in [6.07, 6.45) is 5.76. The molecule has 1 aliphatic rings. The molecule has 1 rings (SSSR count). The molecular weight excluding hydrogens is 230 g/mol. The largest absolute Gasteiger partial charge is 0.480 e. The zero-order chi connectivity index (χ0) is 13.5. The van der Waals surface area contributed by atoms with Crippen LogP contribution in [0.4, 0.5) is 0 Å². The van der Waals surface area contributed by atoms with E-state index in [0.717, 1.165) is 6.42 Å². The Balaban J connectivity index is 2.27. The average Bonchev–Trinajstić information content (AvgIpc) is 2.29. The first-order valence-electron chi connectivity index (χ1n) is 7.11. The van der Waals surface area contributed by atoms with E-state index in [0.29, 0.717) is 25.0 Å². The molecule has 0 bridgehead atoms. The minimum absolute atomic E-state index is 0.180. The number of carboxylic acid groups (broad SMARTS) is 1. The fourth-order valence-electron chi connectivity index (χ4n) is 2.55. The van der Waals surface area contributed by atoms with Crippen LogP contribution in [-0.4, -0.2) is 35.9 Å². The maximum Gasteiger partial charge on any atom is 0.320 e. The van der Waals surface area contributed by atoms with E-state index in [1.54, 1.807) is 0 Å². The summed E-state index contributed by atoms with van der Waals surface area (Å²) in [4.78, 5) is 11.1. The van der Waals surface area contributed by atoms with Crippen LogP contribution in [0.25, 0.3) is 0 Å². The van der Waals surface area contributed by atoms with E-state index in [9.17, 15) is 4.79 Å². The summed E-state index contributed by atoms with van der Waals surface area (Å²) in [5.41, 5.74) is 0. The van der Waals surface area contributed by atoms with Crippen molar-refractivity contribution in [2.45, 2.75) is 71.1 Å². The van der Waals surface area contributed by atoms with Gasteiger partial charge in [0.05, 0.1) is 6.10 Å². The summed E-state index contributed by atoms with van der Waals surface area (Å²) in [6, 6.07) is -0.316. The van der Waals surface area contributed by atoms with Crippen LogP contribution >= 0.6 is 0 Å². The highest BCUT2D eigenvalue weighted by atomic mass is 16.5. The molecule has 4 heteroatoms. The standard InChI is InChI=1S/C14H27NO3/c1-10(2)15-12(14(16)17)8-9-18-13-7-5-4-6-11(13)3/h10-13,15H,4-9H2,1-3H3,(H,16,17). The first-order chi connectivity index (χ1) is 8.50. The predicted octanol–water partition coefficient (Wildman–Crippen LogP) is 2.42. The van der Waals surface area contributed by atoms with Crippen LogP contribution in [0, 0.1) is 5.92 Å². The number of aliphatic carboxylic acids is 1. The molecule has 4 nitrogen and oxygen atoms in total. The zero-order valence-electron chi connectivity index (χ0n) is 11.8. The van der Waals surface area contributed by atoms with E-state index >= 15 is 0 Å². The van der Waals surface area contributed by atoms with Crippen LogP contribution in [0.3, 0.4) is 0 Å². The molecule has 18 heavy (non-hydrogen) atoms. The predicted molar refractivity (Wildman–Crippen MR) is 71.7 cm³/mol. The second-order valence-corrected chi connectivity index (χ2v) is 5.67. The van der Waals surface area contributed by atoms with Gasteiger partial charge in [-0.1, -0.05) is 33.6 Å². The first-order valence-corrected chi connectivity index (χ1v) is 7.11. The molecule has 0 aliphatic heterocycles. The molecule has 0 aromatic carbocycles. The molecule has 0 heterocycles. The maximum atomic E-state index is 11.1. The number of hydrogen-bond acceptors (Lipinski definition) is 3. The third-order valence-corrected chi connectivity index (χ3v) is 3.60. The fourth-order valence-corrected chi connectivity index (χ4v) is 2.55. The quantitative estimate of drug-likeness (QED) is 0.735. The van der Waals surface area contributed by atoms with Gasteiger partial charge < -0.3 is 15.2 Å². The molecule has 0 saturated heterocycles. The lowest BCUT2D eigenvalue weighted by atomic mass is 9.88. The fraction of sp³-hybridized carbons (Fsp3) is 0.929. The van der Waals surface area contributed by atoms with Gasteiger partial charge in [-0.05, 0) is 25.2 Å². The van der Waals surface area contributed by atoms with Crippen LogP contribution in [0.5, 0.6) is 0 Å². The smallest absolute Gasteiger partial charge is 0.320 e. The summed E-state index contributed by atoms with van der Waals surface area (Å²) in [5.74, 6) is -0.177. The van der Waals surface area contributed by atoms with Gasteiger partial charge in [0.1, 0.15) is 6.04 Å². The Bertz CT molecular complexity index is 255. The maximum absolute atomic E-state index is 11.1. The molecular formula is C14H27NO3. The monoisotopic (exact) mass is 257 g/mol. The number of ether oxygens (including phenoxy) is 1. The van der Waals surface area contributed by atoms with E-state index in [1.165, 1.54) is 19.3 Å². The number of rotatable bonds is 7. The summed E-state index contributed by atoms with van der Waals surface area (Å²) in [6.45, 7) is 6.68. The Morgan fingerprint density at radius 1 is 1.39 bits per heavy atom. The summed E-state index contributed by atoms with van der Waals surface area (Å²) in [5, 5.41) is 12.1. The van der Waals surface area contributed by atoms with Crippen molar-refractivity contribution in [1.82, 2.24) is 5.32 Å². The molecule has 0 aromatic heterocycles. The zero-order valence-corrected chi connectivity index (χ0v) is 11.8. The third-order valence-electron chi connectivity index (χ3n) is 3.60. The topological polar surface area (TPSA) is 58.6 Å². The van der Waals surface area contributed by atoms with Gasteiger partial charge in [-0.15, -0.1) is 0 Å². The number of hydrogen-bond donors (Lipinski definition) is 2. The van der Waals surface area contributed by atoms with Gasteiger partial charge in [0.15, 0.2) is 0 Å². The Hall–Kier alpha value is -0.610. The van der Waals surface area contributed by atoms with Crippen molar-refractivity contribution < 1.29 is 14.6 Å². The number of carboxylic acids is 1. The Morgan fingerprint density at radius 2 is 2.06 bits per heavy atom. The van der Waals surface area contributed by atoms with Crippen LogP contribution in [-0.2, 0) is 9.53 Å². The SMILES string of the molecule is CC(C)NC(CCOC1CCCCC1C)C(=O)O. The molecule has 106 valence electrons. The highest BCUT2D eigenvalue weighted by molar-refractivity contribution is 5.73. The van der Waals surface area contributed by atoms with Crippen molar-refractivity contribution in [3.05, 3.63) is 0 Å². The molecule has 0 spiro atoms. The normalized spacial score (nSPS) is 26.2. The van der Waals surface area contributed by atoms with E-state index in [2.05, 4.69) is 12.2 Å². The Labute approximate surface area is 110 Å². The third kappa shape index (κ3) is 5.36.